The predicted octanol–water partition coefficient (Wildman–Crippen LogP) is 0.663. The van der Waals surface area contributed by atoms with Crippen molar-refractivity contribution in [2.45, 2.75) is 26.2 Å². The number of carboxylic acid groups (broad SMARTS) is 3. The highest BCUT2D eigenvalue weighted by Gasteiger charge is 2.27. The molecule has 6 nitrogen and oxygen atoms in total. The van der Waals surface area contributed by atoms with Crippen LogP contribution in [0.1, 0.15) is 26.2 Å². The standard InChI is InChI=1S/C9H14O6/c1-2-5(8(12)13)3-6(9(14)15)4-7(10)11/h5-6H,2-4H2,1H3,(H,10,11)(H,12,13)(H,14,15). The number of carbonyl (C=O) groups is 3. The summed E-state index contributed by atoms with van der Waals surface area (Å²) >= 11 is 0. The van der Waals surface area contributed by atoms with Gasteiger partial charge >= 0.3 is 17.9 Å². The van der Waals surface area contributed by atoms with Crippen LogP contribution in [0.3, 0.4) is 0 Å². The first kappa shape index (κ1) is 13.4. The van der Waals surface area contributed by atoms with Crippen LogP contribution in [0, 0.1) is 11.8 Å². The summed E-state index contributed by atoms with van der Waals surface area (Å²) in [5, 5.41) is 25.8. The third kappa shape index (κ3) is 4.99. The Morgan fingerprint density at radius 3 is 1.73 bits per heavy atom. The summed E-state index contributed by atoms with van der Waals surface area (Å²) in [6.45, 7) is 1.62. The Hall–Kier alpha value is -1.59. The molecule has 2 atom stereocenters. The van der Waals surface area contributed by atoms with E-state index in [1.807, 2.05) is 0 Å². The number of aliphatic carboxylic acids is 3. The van der Waals surface area contributed by atoms with Crippen molar-refractivity contribution < 1.29 is 29.7 Å². The van der Waals surface area contributed by atoms with Gasteiger partial charge in [-0.25, -0.2) is 0 Å². The second-order valence-corrected chi connectivity index (χ2v) is 3.31. The second kappa shape index (κ2) is 6.00. The van der Waals surface area contributed by atoms with Gasteiger partial charge in [-0.2, -0.15) is 0 Å². The summed E-state index contributed by atoms with van der Waals surface area (Å²) in [6, 6.07) is 0. The Balaban J connectivity index is 4.45. The summed E-state index contributed by atoms with van der Waals surface area (Å²) in [5.41, 5.74) is 0. The lowest BCUT2D eigenvalue weighted by Crippen LogP contribution is -2.24. The number of rotatable bonds is 7. The Bertz CT molecular complexity index is 259. The van der Waals surface area contributed by atoms with Gasteiger partial charge in [-0.3, -0.25) is 14.4 Å². The highest BCUT2D eigenvalue weighted by molar-refractivity contribution is 5.78. The molecule has 0 aromatic carbocycles. The van der Waals surface area contributed by atoms with E-state index in [0.717, 1.165) is 0 Å². The van der Waals surface area contributed by atoms with Crippen LogP contribution in [-0.4, -0.2) is 33.2 Å². The highest BCUT2D eigenvalue weighted by atomic mass is 16.4. The summed E-state index contributed by atoms with van der Waals surface area (Å²) in [7, 11) is 0. The molecule has 0 aromatic heterocycles. The minimum Gasteiger partial charge on any atom is -0.481 e. The van der Waals surface area contributed by atoms with Gasteiger partial charge in [-0.15, -0.1) is 0 Å². The summed E-state index contributed by atoms with van der Waals surface area (Å²) < 4.78 is 0. The first-order valence-electron chi connectivity index (χ1n) is 4.55. The van der Waals surface area contributed by atoms with Crippen LogP contribution >= 0.6 is 0 Å². The highest BCUT2D eigenvalue weighted by Crippen LogP contribution is 2.19. The Morgan fingerprint density at radius 2 is 1.47 bits per heavy atom. The molecule has 0 radical (unpaired) electrons. The van der Waals surface area contributed by atoms with Gasteiger partial charge in [-0.05, 0) is 12.8 Å². The molecule has 0 aromatic rings. The first-order chi connectivity index (χ1) is 6.88. The van der Waals surface area contributed by atoms with Crippen LogP contribution in [0.5, 0.6) is 0 Å². The van der Waals surface area contributed by atoms with E-state index in [4.69, 9.17) is 15.3 Å². The van der Waals surface area contributed by atoms with Gasteiger partial charge in [0.05, 0.1) is 18.3 Å². The van der Waals surface area contributed by atoms with Crippen molar-refractivity contribution in [2.24, 2.45) is 11.8 Å². The lowest BCUT2D eigenvalue weighted by Gasteiger charge is -2.14. The molecule has 2 unspecified atom stereocenters. The van der Waals surface area contributed by atoms with Gasteiger partial charge < -0.3 is 15.3 Å². The van der Waals surface area contributed by atoms with E-state index in [9.17, 15) is 14.4 Å². The second-order valence-electron chi connectivity index (χ2n) is 3.31. The maximum Gasteiger partial charge on any atom is 0.307 e. The average Bonchev–Trinajstić information content (AvgIpc) is 2.10. The molecule has 0 aliphatic rings. The fraction of sp³-hybridized carbons (Fsp3) is 0.667. The van der Waals surface area contributed by atoms with E-state index in [-0.39, 0.29) is 6.42 Å². The molecule has 0 aliphatic carbocycles. The topological polar surface area (TPSA) is 112 Å². The molecule has 0 aliphatic heterocycles. The van der Waals surface area contributed by atoms with Gasteiger partial charge in [-0.1, -0.05) is 6.92 Å². The Labute approximate surface area is 86.5 Å². The van der Waals surface area contributed by atoms with Crippen molar-refractivity contribution in [1.29, 1.82) is 0 Å². The minimum atomic E-state index is -1.27. The molecule has 0 heterocycles. The van der Waals surface area contributed by atoms with Crippen LogP contribution in [0.4, 0.5) is 0 Å². The SMILES string of the molecule is CCC(CC(CC(=O)O)C(=O)O)C(=O)O. The van der Waals surface area contributed by atoms with Gasteiger partial charge in [0.25, 0.3) is 0 Å². The number of hydrogen-bond acceptors (Lipinski definition) is 3. The fourth-order valence-corrected chi connectivity index (χ4v) is 1.27. The number of hydrogen-bond donors (Lipinski definition) is 3. The molecule has 6 heteroatoms. The largest absolute Gasteiger partial charge is 0.481 e. The molecular weight excluding hydrogens is 204 g/mol. The van der Waals surface area contributed by atoms with Crippen LogP contribution in [0.25, 0.3) is 0 Å². The van der Waals surface area contributed by atoms with Crippen LogP contribution in [0.15, 0.2) is 0 Å². The fourth-order valence-electron chi connectivity index (χ4n) is 1.27. The van der Waals surface area contributed by atoms with E-state index in [1.165, 1.54) is 0 Å². The van der Waals surface area contributed by atoms with Gasteiger partial charge in [0, 0.05) is 0 Å². The molecule has 0 fully saturated rings. The molecule has 0 bridgehead atoms. The summed E-state index contributed by atoms with van der Waals surface area (Å²) in [4.78, 5) is 31.6. The van der Waals surface area contributed by atoms with E-state index in [1.54, 1.807) is 6.92 Å². The van der Waals surface area contributed by atoms with Crippen molar-refractivity contribution >= 4 is 17.9 Å². The molecule has 15 heavy (non-hydrogen) atoms. The Morgan fingerprint density at radius 1 is 1.00 bits per heavy atom. The van der Waals surface area contributed by atoms with Crippen LogP contribution < -0.4 is 0 Å². The normalized spacial score (nSPS) is 14.2. The Kier molecular flexibility index (Phi) is 5.36. The lowest BCUT2D eigenvalue weighted by molar-refractivity contribution is -0.151. The van der Waals surface area contributed by atoms with Crippen molar-refractivity contribution in [2.75, 3.05) is 0 Å². The maximum absolute atomic E-state index is 10.7. The predicted molar refractivity (Wildman–Crippen MR) is 49.4 cm³/mol. The lowest BCUT2D eigenvalue weighted by atomic mass is 9.90. The van der Waals surface area contributed by atoms with E-state index >= 15 is 0 Å². The molecule has 0 rings (SSSR count). The smallest absolute Gasteiger partial charge is 0.307 e. The summed E-state index contributed by atoms with van der Waals surface area (Å²) in [5.74, 6) is -5.53. The molecule has 0 saturated heterocycles. The van der Waals surface area contributed by atoms with Gasteiger partial charge in [0.1, 0.15) is 0 Å². The van der Waals surface area contributed by atoms with E-state index < -0.39 is 36.2 Å². The summed E-state index contributed by atoms with van der Waals surface area (Å²) in [6.07, 6.45) is -0.398. The maximum atomic E-state index is 10.7. The van der Waals surface area contributed by atoms with Gasteiger partial charge in [0.2, 0.25) is 0 Å². The monoisotopic (exact) mass is 218 g/mol. The molecule has 0 saturated carbocycles. The quantitative estimate of drug-likeness (QED) is 0.578. The third-order valence-electron chi connectivity index (χ3n) is 2.18. The molecule has 86 valence electrons. The number of carboxylic acids is 3. The zero-order chi connectivity index (χ0) is 12.0. The van der Waals surface area contributed by atoms with Crippen molar-refractivity contribution in [1.82, 2.24) is 0 Å². The third-order valence-corrected chi connectivity index (χ3v) is 2.18. The van der Waals surface area contributed by atoms with Crippen molar-refractivity contribution in [3.8, 4) is 0 Å². The molecular formula is C9H14O6. The van der Waals surface area contributed by atoms with E-state index in [0.29, 0.717) is 6.42 Å². The van der Waals surface area contributed by atoms with Crippen LogP contribution in [0.2, 0.25) is 0 Å². The minimum absolute atomic E-state index is 0.145. The average molecular weight is 218 g/mol. The first-order valence-corrected chi connectivity index (χ1v) is 4.55. The molecule has 3 N–H and O–H groups in total. The van der Waals surface area contributed by atoms with Crippen LogP contribution in [-0.2, 0) is 14.4 Å². The van der Waals surface area contributed by atoms with Crippen molar-refractivity contribution in [3.63, 3.8) is 0 Å². The van der Waals surface area contributed by atoms with Gasteiger partial charge in [0.15, 0.2) is 0 Å². The van der Waals surface area contributed by atoms with E-state index in [2.05, 4.69) is 0 Å². The van der Waals surface area contributed by atoms with Crippen molar-refractivity contribution in [3.05, 3.63) is 0 Å². The molecule has 0 spiro atoms. The zero-order valence-corrected chi connectivity index (χ0v) is 8.34. The zero-order valence-electron chi connectivity index (χ0n) is 8.34. The molecule has 0 amide bonds.